The highest BCUT2D eigenvalue weighted by atomic mass is 16.5. The van der Waals surface area contributed by atoms with Crippen LogP contribution in [0.25, 0.3) is 6.08 Å². The molecule has 0 radical (unpaired) electrons. The van der Waals surface area contributed by atoms with Crippen molar-refractivity contribution in [3.63, 3.8) is 0 Å². The molecule has 7 heteroatoms. The summed E-state index contributed by atoms with van der Waals surface area (Å²) in [4.78, 5) is 37.6. The van der Waals surface area contributed by atoms with Crippen molar-refractivity contribution >= 4 is 23.7 Å². The van der Waals surface area contributed by atoms with E-state index in [2.05, 4.69) is 5.32 Å². The highest BCUT2D eigenvalue weighted by Gasteiger charge is 2.41. The number of carboxylic acids is 1. The monoisotopic (exact) mass is 472 g/mol. The summed E-state index contributed by atoms with van der Waals surface area (Å²) in [6, 6.07) is 18.1. The molecule has 3 aromatic rings. The molecular formula is C28H28N2O5. The number of aliphatic carboxylic acids is 1. The van der Waals surface area contributed by atoms with E-state index in [9.17, 15) is 19.5 Å². The molecule has 1 aliphatic rings. The van der Waals surface area contributed by atoms with E-state index in [1.165, 1.54) is 0 Å². The summed E-state index contributed by atoms with van der Waals surface area (Å²) in [7, 11) is 0. The highest BCUT2D eigenvalue weighted by molar-refractivity contribution is 6.08. The number of aromatic nitrogens is 1. The molecule has 1 amide bonds. The Morgan fingerprint density at radius 2 is 1.77 bits per heavy atom. The third kappa shape index (κ3) is 5.58. The molecule has 180 valence electrons. The first kappa shape index (κ1) is 24.2. The number of hydrogen-bond acceptors (Lipinski definition) is 4. The topological polar surface area (TPSA) is 97.6 Å². The molecule has 1 saturated heterocycles. The molecule has 2 N–H and O–H groups in total. The number of ether oxygens (including phenoxy) is 1. The summed E-state index contributed by atoms with van der Waals surface area (Å²) in [6.07, 6.45) is 6.11. The number of rotatable bonds is 8. The van der Waals surface area contributed by atoms with Crippen molar-refractivity contribution in [2.75, 3.05) is 13.2 Å². The average Bonchev–Trinajstić information content (AvgIpc) is 3.33. The number of aryl methyl sites for hydroxylation is 1. The molecule has 1 aromatic heterocycles. The zero-order valence-corrected chi connectivity index (χ0v) is 19.6. The summed E-state index contributed by atoms with van der Waals surface area (Å²) >= 11 is 0. The van der Waals surface area contributed by atoms with Crippen LogP contribution in [0.4, 0.5) is 0 Å². The predicted molar refractivity (Wildman–Crippen MR) is 132 cm³/mol. The SMILES string of the molecule is Cc1ccc(C(=O)c2cccn2C/C=C/c2cccc(C(=O)NC3(C(=O)O)CCOCC3)c2)cc1. The normalized spacial score (nSPS) is 15.1. The van der Waals surface area contributed by atoms with Crippen LogP contribution < -0.4 is 5.32 Å². The van der Waals surface area contributed by atoms with Crippen LogP contribution in [0.15, 0.2) is 72.9 Å². The maximum Gasteiger partial charge on any atom is 0.329 e. The summed E-state index contributed by atoms with van der Waals surface area (Å²) in [5.41, 5.74) is 2.21. The molecule has 4 rings (SSSR count). The number of allylic oxidation sites excluding steroid dienone is 1. The Balaban J connectivity index is 1.44. The van der Waals surface area contributed by atoms with E-state index >= 15 is 0 Å². The molecule has 0 unspecified atom stereocenters. The molecular weight excluding hydrogens is 444 g/mol. The number of nitrogens with zero attached hydrogens (tertiary/aromatic N) is 1. The van der Waals surface area contributed by atoms with Gasteiger partial charge >= 0.3 is 5.97 Å². The molecule has 35 heavy (non-hydrogen) atoms. The van der Waals surface area contributed by atoms with Crippen LogP contribution in [0.2, 0.25) is 0 Å². The summed E-state index contributed by atoms with van der Waals surface area (Å²) in [6.45, 7) is 3.06. The molecule has 0 saturated carbocycles. The lowest BCUT2D eigenvalue weighted by Crippen LogP contribution is -2.57. The third-order valence-corrected chi connectivity index (χ3v) is 6.25. The number of ketones is 1. The molecule has 7 nitrogen and oxygen atoms in total. The largest absolute Gasteiger partial charge is 0.480 e. The Bertz CT molecular complexity index is 1250. The fraction of sp³-hybridized carbons (Fsp3) is 0.250. The van der Waals surface area contributed by atoms with Crippen molar-refractivity contribution < 1.29 is 24.2 Å². The van der Waals surface area contributed by atoms with Crippen LogP contribution in [-0.2, 0) is 16.1 Å². The number of carbonyl (C=O) groups excluding carboxylic acids is 2. The number of nitrogens with one attached hydrogen (secondary N) is 1. The number of amides is 1. The van der Waals surface area contributed by atoms with Gasteiger partial charge in [-0.15, -0.1) is 0 Å². The average molecular weight is 473 g/mol. The molecule has 2 aromatic carbocycles. The van der Waals surface area contributed by atoms with Crippen LogP contribution in [0.1, 0.15) is 50.4 Å². The Morgan fingerprint density at radius 3 is 2.49 bits per heavy atom. The minimum absolute atomic E-state index is 0.0393. The van der Waals surface area contributed by atoms with Gasteiger partial charge in [0.2, 0.25) is 5.78 Å². The summed E-state index contributed by atoms with van der Waals surface area (Å²) < 4.78 is 7.13. The van der Waals surface area contributed by atoms with Gasteiger partial charge in [-0.2, -0.15) is 0 Å². The quantitative estimate of drug-likeness (QED) is 0.481. The van der Waals surface area contributed by atoms with Crippen molar-refractivity contribution in [1.29, 1.82) is 0 Å². The molecule has 0 bridgehead atoms. The van der Waals surface area contributed by atoms with Gasteiger partial charge in [0.1, 0.15) is 5.54 Å². The number of carboxylic acid groups (broad SMARTS) is 1. The summed E-state index contributed by atoms with van der Waals surface area (Å²) in [5, 5.41) is 12.4. The maximum atomic E-state index is 12.9. The minimum atomic E-state index is -1.31. The second-order valence-electron chi connectivity index (χ2n) is 8.72. The van der Waals surface area contributed by atoms with Gasteiger partial charge in [-0.05, 0) is 36.8 Å². The lowest BCUT2D eigenvalue weighted by molar-refractivity contribution is -0.148. The molecule has 0 aliphatic carbocycles. The van der Waals surface area contributed by atoms with E-state index in [0.717, 1.165) is 11.1 Å². The van der Waals surface area contributed by atoms with E-state index in [0.29, 0.717) is 36.6 Å². The van der Waals surface area contributed by atoms with Gasteiger partial charge in [0.25, 0.3) is 5.91 Å². The standard InChI is InChI=1S/C28H28N2O5/c1-20-9-11-22(12-10-20)25(31)24-8-4-16-30(24)15-3-6-21-5-2-7-23(19-21)26(32)29-28(27(33)34)13-17-35-18-14-28/h2-12,16,19H,13-15,17-18H2,1H3,(H,29,32)(H,33,34)/b6-3+. The number of hydrogen-bond donors (Lipinski definition) is 2. The van der Waals surface area contributed by atoms with Gasteiger partial charge in [-0.1, -0.05) is 54.1 Å². The fourth-order valence-electron chi connectivity index (χ4n) is 4.12. The van der Waals surface area contributed by atoms with Gasteiger partial charge in [-0.25, -0.2) is 4.79 Å². The number of benzene rings is 2. The van der Waals surface area contributed by atoms with Crippen LogP contribution in [-0.4, -0.2) is 46.1 Å². The molecule has 1 aliphatic heterocycles. The molecule has 2 heterocycles. The zero-order valence-electron chi connectivity index (χ0n) is 19.6. The van der Waals surface area contributed by atoms with Crippen molar-refractivity contribution in [2.45, 2.75) is 31.8 Å². The van der Waals surface area contributed by atoms with Crippen molar-refractivity contribution in [3.8, 4) is 0 Å². The molecule has 1 fully saturated rings. The first-order valence-electron chi connectivity index (χ1n) is 11.5. The van der Waals surface area contributed by atoms with E-state index < -0.39 is 17.4 Å². The lowest BCUT2D eigenvalue weighted by Gasteiger charge is -2.33. The minimum Gasteiger partial charge on any atom is -0.480 e. The second kappa shape index (κ2) is 10.5. The van der Waals surface area contributed by atoms with Crippen LogP contribution >= 0.6 is 0 Å². The van der Waals surface area contributed by atoms with E-state index in [4.69, 9.17) is 4.74 Å². The first-order valence-corrected chi connectivity index (χ1v) is 11.5. The Kier molecular flexibility index (Phi) is 7.27. The third-order valence-electron chi connectivity index (χ3n) is 6.25. The van der Waals surface area contributed by atoms with Crippen molar-refractivity contribution in [2.24, 2.45) is 0 Å². The Hall–Kier alpha value is -3.97. The van der Waals surface area contributed by atoms with Gasteiger partial charge in [0.05, 0.1) is 5.69 Å². The van der Waals surface area contributed by atoms with Gasteiger partial charge in [0.15, 0.2) is 0 Å². The van der Waals surface area contributed by atoms with Gasteiger partial charge < -0.3 is 19.7 Å². The fourth-order valence-corrected chi connectivity index (χ4v) is 4.12. The smallest absolute Gasteiger partial charge is 0.329 e. The summed E-state index contributed by atoms with van der Waals surface area (Å²) in [5.74, 6) is -1.52. The first-order chi connectivity index (χ1) is 16.9. The van der Waals surface area contributed by atoms with Crippen molar-refractivity contribution in [3.05, 3.63) is 101 Å². The zero-order chi connectivity index (χ0) is 24.8. The highest BCUT2D eigenvalue weighted by Crippen LogP contribution is 2.22. The van der Waals surface area contributed by atoms with Crippen LogP contribution in [0.3, 0.4) is 0 Å². The van der Waals surface area contributed by atoms with E-state index in [1.54, 1.807) is 24.3 Å². The van der Waals surface area contributed by atoms with Gasteiger partial charge in [0, 0.05) is 49.9 Å². The van der Waals surface area contributed by atoms with Crippen molar-refractivity contribution in [1.82, 2.24) is 9.88 Å². The predicted octanol–water partition coefficient (Wildman–Crippen LogP) is 4.10. The lowest BCUT2D eigenvalue weighted by atomic mass is 9.89. The number of carbonyl (C=O) groups is 3. The van der Waals surface area contributed by atoms with Crippen LogP contribution in [0, 0.1) is 6.92 Å². The van der Waals surface area contributed by atoms with Gasteiger partial charge in [-0.3, -0.25) is 9.59 Å². The molecule has 0 atom stereocenters. The molecule has 0 spiro atoms. The second-order valence-corrected chi connectivity index (χ2v) is 8.72. The Labute approximate surface area is 204 Å². The Morgan fingerprint density at radius 1 is 1.03 bits per heavy atom. The van der Waals surface area contributed by atoms with E-state index in [1.807, 2.05) is 66.2 Å². The maximum absolute atomic E-state index is 12.9. The van der Waals surface area contributed by atoms with Crippen LogP contribution in [0.5, 0.6) is 0 Å². The van der Waals surface area contributed by atoms with E-state index in [-0.39, 0.29) is 18.6 Å².